The molecule has 3 rings (SSSR count). The lowest BCUT2D eigenvalue weighted by Crippen LogP contribution is -2.57. The number of hydrogen-bond donors (Lipinski definition) is 0. The lowest BCUT2D eigenvalue weighted by atomic mass is 9.96. The van der Waals surface area contributed by atoms with Crippen molar-refractivity contribution >= 4 is 19.6 Å². The normalized spacial score (nSPS) is 28.3. The molecule has 0 aromatic carbocycles. The zero-order valence-corrected chi connectivity index (χ0v) is 9.59. The third-order valence-corrected chi connectivity index (χ3v) is 3.33. The number of ether oxygens (including phenoxy) is 1. The zero-order chi connectivity index (χ0) is 12.0. The summed E-state index contributed by atoms with van der Waals surface area (Å²) in [4.78, 5) is 19.6. The van der Waals surface area contributed by atoms with Crippen molar-refractivity contribution in [2.24, 2.45) is 0 Å². The van der Waals surface area contributed by atoms with Crippen LogP contribution in [0.1, 0.15) is 6.42 Å². The third kappa shape index (κ3) is 1.44. The first-order chi connectivity index (χ1) is 8.12. The van der Waals surface area contributed by atoms with Crippen molar-refractivity contribution in [2.45, 2.75) is 12.0 Å². The number of fused-ring (bicyclic) bond motifs is 1. The number of likely N-dealkylation sites (tertiary alicyclic amines) is 1. The fourth-order valence-corrected chi connectivity index (χ4v) is 2.43. The van der Waals surface area contributed by atoms with Gasteiger partial charge in [-0.15, -0.1) is 0 Å². The van der Waals surface area contributed by atoms with Gasteiger partial charge in [-0.25, -0.2) is 4.98 Å². The number of pyridine rings is 1. The van der Waals surface area contributed by atoms with Crippen molar-refractivity contribution in [1.29, 1.82) is 0 Å². The minimum Gasteiger partial charge on any atom is -0.458 e. The van der Waals surface area contributed by atoms with Gasteiger partial charge in [-0.1, -0.05) is 0 Å². The molecule has 1 aromatic rings. The van der Waals surface area contributed by atoms with Crippen molar-refractivity contribution in [3.63, 3.8) is 0 Å². The number of anilines is 1. The molecule has 0 bridgehead atoms. The lowest BCUT2D eigenvalue weighted by molar-refractivity contribution is -0.133. The smallest absolute Gasteiger partial charge is 0.259 e. The van der Waals surface area contributed by atoms with Gasteiger partial charge in [0.2, 0.25) is 19.5 Å². The summed E-state index contributed by atoms with van der Waals surface area (Å²) in [6.07, 6.45) is 2.28. The zero-order valence-electron chi connectivity index (χ0n) is 9.59. The monoisotopic (exact) mass is 229 g/mol. The average molecular weight is 229 g/mol. The van der Waals surface area contributed by atoms with E-state index in [9.17, 15) is 4.79 Å². The SMILES string of the molecule is [B]N1C(=O)C2(CCN(C)C2)Oc2ncccc21. The molecule has 5 nitrogen and oxygen atoms in total. The molecule has 0 saturated carbocycles. The van der Waals surface area contributed by atoms with Crippen LogP contribution in [0, 0.1) is 0 Å². The van der Waals surface area contributed by atoms with E-state index in [0.29, 0.717) is 24.5 Å². The van der Waals surface area contributed by atoms with Crippen LogP contribution in [0.4, 0.5) is 5.69 Å². The summed E-state index contributed by atoms with van der Waals surface area (Å²) in [6, 6.07) is 3.46. The molecule has 2 radical (unpaired) electrons. The standard InChI is InChI=1S/C11H12BN3O2/c1-14-6-4-11(7-14)10(16)15(12)8-3-2-5-13-9(8)17-11/h2-3,5H,4,6-7H2,1H3. The van der Waals surface area contributed by atoms with E-state index in [1.165, 1.54) is 0 Å². The van der Waals surface area contributed by atoms with Crippen molar-refractivity contribution in [3.05, 3.63) is 18.3 Å². The summed E-state index contributed by atoms with van der Waals surface area (Å²) in [7, 11) is 7.79. The molecule has 0 aliphatic carbocycles. The summed E-state index contributed by atoms with van der Waals surface area (Å²) >= 11 is 0. The molecule has 1 spiro atoms. The van der Waals surface area contributed by atoms with E-state index in [-0.39, 0.29) is 5.91 Å². The van der Waals surface area contributed by atoms with Crippen LogP contribution in [-0.4, -0.2) is 49.5 Å². The fourth-order valence-electron chi connectivity index (χ4n) is 2.43. The van der Waals surface area contributed by atoms with Gasteiger partial charge in [0.25, 0.3) is 5.91 Å². The fraction of sp³-hybridized carbons (Fsp3) is 0.455. The highest BCUT2D eigenvalue weighted by Gasteiger charge is 2.51. The predicted molar refractivity (Wildman–Crippen MR) is 63.0 cm³/mol. The van der Waals surface area contributed by atoms with Crippen LogP contribution in [0.25, 0.3) is 0 Å². The Morgan fingerprint density at radius 2 is 2.41 bits per heavy atom. The average Bonchev–Trinajstić information content (AvgIpc) is 2.69. The molecular weight excluding hydrogens is 217 g/mol. The van der Waals surface area contributed by atoms with E-state index in [1.54, 1.807) is 18.3 Å². The Labute approximate surface area is 101 Å². The highest BCUT2D eigenvalue weighted by atomic mass is 16.5. The molecule has 3 heterocycles. The van der Waals surface area contributed by atoms with Gasteiger partial charge in [0.15, 0.2) is 0 Å². The number of hydrogen-bond acceptors (Lipinski definition) is 4. The number of carbonyl (C=O) groups is 1. The first-order valence-electron chi connectivity index (χ1n) is 5.54. The van der Waals surface area contributed by atoms with Crippen molar-refractivity contribution in [1.82, 2.24) is 9.88 Å². The van der Waals surface area contributed by atoms with E-state index >= 15 is 0 Å². The molecule has 1 amide bonds. The molecule has 1 unspecified atom stereocenters. The summed E-state index contributed by atoms with van der Waals surface area (Å²) in [5.74, 6) is 0.243. The summed E-state index contributed by atoms with van der Waals surface area (Å²) in [6.45, 7) is 1.37. The number of rotatable bonds is 0. The Balaban J connectivity index is 2.05. The second-order valence-electron chi connectivity index (χ2n) is 4.59. The highest BCUT2D eigenvalue weighted by Crippen LogP contribution is 2.38. The highest BCUT2D eigenvalue weighted by molar-refractivity contribution is 6.33. The molecule has 17 heavy (non-hydrogen) atoms. The first kappa shape index (κ1) is 10.6. The Kier molecular flexibility index (Phi) is 2.16. The molecule has 6 heteroatoms. The van der Waals surface area contributed by atoms with Crippen LogP contribution in [0.15, 0.2) is 18.3 Å². The molecule has 1 atom stereocenters. The minimum absolute atomic E-state index is 0.192. The van der Waals surface area contributed by atoms with Crippen LogP contribution in [0.3, 0.4) is 0 Å². The number of carbonyl (C=O) groups excluding carboxylic acids is 1. The first-order valence-corrected chi connectivity index (χ1v) is 5.54. The maximum atomic E-state index is 12.3. The molecule has 86 valence electrons. The topological polar surface area (TPSA) is 45.7 Å². The Bertz CT molecular complexity index is 482. The summed E-state index contributed by atoms with van der Waals surface area (Å²) in [5.41, 5.74) is -0.331. The third-order valence-electron chi connectivity index (χ3n) is 3.33. The van der Waals surface area contributed by atoms with Gasteiger partial charge < -0.3 is 14.4 Å². The number of nitrogens with zero attached hydrogens (tertiary/aromatic N) is 3. The van der Waals surface area contributed by atoms with E-state index < -0.39 is 5.60 Å². The van der Waals surface area contributed by atoms with E-state index in [0.717, 1.165) is 11.4 Å². The van der Waals surface area contributed by atoms with Gasteiger partial charge >= 0.3 is 0 Å². The summed E-state index contributed by atoms with van der Waals surface area (Å²) < 4.78 is 5.81. The quantitative estimate of drug-likeness (QED) is 0.586. The molecule has 1 saturated heterocycles. The Morgan fingerprint density at radius 1 is 1.59 bits per heavy atom. The van der Waals surface area contributed by atoms with Crippen LogP contribution >= 0.6 is 0 Å². The van der Waals surface area contributed by atoms with Gasteiger partial charge in [0, 0.05) is 25.7 Å². The predicted octanol–water partition coefficient (Wildman–Crippen LogP) is -0.0352. The second kappa shape index (κ2) is 3.47. The lowest BCUT2D eigenvalue weighted by Gasteiger charge is -2.38. The summed E-state index contributed by atoms with van der Waals surface area (Å²) in [5, 5.41) is 0. The minimum atomic E-state index is -0.856. The van der Waals surface area contributed by atoms with E-state index in [2.05, 4.69) is 9.88 Å². The molecule has 2 aliphatic heterocycles. The van der Waals surface area contributed by atoms with Gasteiger partial charge in [0.05, 0.1) is 5.69 Å². The number of amides is 1. The maximum Gasteiger partial charge on any atom is 0.259 e. The molecule has 2 aliphatic rings. The van der Waals surface area contributed by atoms with Crippen LogP contribution in [-0.2, 0) is 4.79 Å². The van der Waals surface area contributed by atoms with E-state index in [1.807, 2.05) is 7.05 Å². The number of likely N-dealkylation sites (N-methyl/N-ethyl adjacent to an activating group) is 1. The number of aromatic nitrogens is 1. The van der Waals surface area contributed by atoms with Crippen molar-refractivity contribution in [2.75, 3.05) is 24.9 Å². The van der Waals surface area contributed by atoms with Crippen molar-refractivity contribution in [3.8, 4) is 5.88 Å². The molecule has 1 fully saturated rings. The van der Waals surface area contributed by atoms with Gasteiger partial charge in [-0.2, -0.15) is 0 Å². The van der Waals surface area contributed by atoms with Crippen molar-refractivity contribution < 1.29 is 9.53 Å². The Morgan fingerprint density at radius 3 is 3.12 bits per heavy atom. The second-order valence-corrected chi connectivity index (χ2v) is 4.59. The largest absolute Gasteiger partial charge is 0.458 e. The van der Waals surface area contributed by atoms with Gasteiger partial charge in [-0.05, 0) is 19.2 Å². The van der Waals surface area contributed by atoms with Gasteiger partial charge in [-0.3, -0.25) is 4.79 Å². The van der Waals surface area contributed by atoms with Crippen LogP contribution in [0.2, 0.25) is 0 Å². The Hall–Kier alpha value is -1.56. The molecular formula is C11H12BN3O2. The molecule has 1 aromatic heterocycles. The maximum absolute atomic E-state index is 12.3. The van der Waals surface area contributed by atoms with Gasteiger partial charge in [0.1, 0.15) is 0 Å². The van der Waals surface area contributed by atoms with Crippen LogP contribution in [0.5, 0.6) is 5.88 Å². The molecule has 0 N–H and O–H groups in total. The van der Waals surface area contributed by atoms with E-state index in [4.69, 9.17) is 12.7 Å². The van der Waals surface area contributed by atoms with Crippen LogP contribution < -0.4 is 9.55 Å².